The summed E-state index contributed by atoms with van der Waals surface area (Å²) >= 11 is 0. The Morgan fingerprint density at radius 3 is 2.48 bits per heavy atom. The van der Waals surface area contributed by atoms with Crippen molar-refractivity contribution in [2.75, 3.05) is 7.05 Å². The number of nitrogens with zero attached hydrogens (tertiary/aromatic N) is 1. The predicted molar refractivity (Wildman–Crippen MR) is 97.7 cm³/mol. The molecule has 0 radical (unpaired) electrons. The van der Waals surface area contributed by atoms with Gasteiger partial charge >= 0.3 is 0 Å². The van der Waals surface area contributed by atoms with Crippen LogP contribution in [0.15, 0.2) is 54.6 Å². The van der Waals surface area contributed by atoms with Crippen molar-refractivity contribution in [2.45, 2.75) is 38.3 Å². The van der Waals surface area contributed by atoms with Gasteiger partial charge in [-0.3, -0.25) is 0 Å². The van der Waals surface area contributed by atoms with Crippen LogP contribution in [0.4, 0.5) is 0 Å². The van der Waals surface area contributed by atoms with Gasteiger partial charge in [-0.15, -0.1) is 0 Å². The van der Waals surface area contributed by atoms with Crippen LogP contribution in [-0.4, -0.2) is 29.0 Å². The largest absolute Gasteiger partial charge is 0.354 e. The average Bonchev–Trinajstić information content (AvgIpc) is 3.11. The molecule has 118 valence electrons. The third-order valence-corrected chi connectivity index (χ3v) is 5.50. The molecule has 4 rings (SSSR count). The summed E-state index contributed by atoms with van der Waals surface area (Å²) in [7, 11) is 2.28. The number of benzene rings is 2. The lowest BCUT2D eigenvalue weighted by Crippen LogP contribution is -2.31. The van der Waals surface area contributed by atoms with E-state index in [0.717, 1.165) is 6.42 Å². The minimum Gasteiger partial charge on any atom is -0.354 e. The molecule has 1 fully saturated rings. The first-order valence-corrected chi connectivity index (χ1v) is 8.61. The molecule has 1 saturated heterocycles. The van der Waals surface area contributed by atoms with Gasteiger partial charge in [-0.25, -0.2) is 0 Å². The Kier molecular flexibility index (Phi) is 3.70. The van der Waals surface area contributed by atoms with Crippen LogP contribution in [0, 0.1) is 0 Å². The van der Waals surface area contributed by atoms with Crippen molar-refractivity contribution < 1.29 is 0 Å². The van der Waals surface area contributed by atoms with Crippen LogP contribution in [-0.2, 0) is 6.42 Å². The molecule has 2 nitrogen and oxygen atoms in total. The molecule has 3 aromatic rings. The molecule has 2 heteroatoms. The zero-order chi connectivity index (χ0) is 15.8. The number of hydrogen-bond acceptors (Lipinski definition) is 1. The fourth-order valence-electron chi connectivity index (χ4n) is 3.95. The van der Waals surface area contributed by atoms with Crippen LogP contribution in [0.3, 0.4) is 0 Å². The van der Waals surface area contributed by atoms with Gasteiger partial charge < -0.3 is 9.88 Å². The molecule has 0 amide bonds. The maximum absolute atomic E-state index is 3.66. The fourth-order valence-corrected chi connectivity index (χ4v) is 3.95. The Hall–Kier alpha value is -2.06. The van der Waals surface area contributed by atoms with Crippen molar-refractivity contribution in [1.82, 2.24) is 9.88 Å². The fraction of sp³-hybridized carbons (Fsp3) is 0.333. The van der Waals surface area contributed by atoms with Gasteiger partial charge in [-0.05, 0) is 50.4 Å². The van der Waals surface area contributed by atoms with E-state index in [9.17, 15) is 0 Å². The van der Waals surface area contributed by atoms with Crippen LogP contribution in [0.25, 0.3) is 22.2 Å². The Bertz CT molecular complexity index is 803. The van der Waals surface area contributed by atoms with Crippen LogP contribution in [0.2, 0.25) is 0 Å². The van der Waals surface area contributed by atoms with Gasteiger partial charge in [-0.1, -0.05) is 48.5 Å². The van der Waals surface area contributed by atoms with E-state index in [4.69, 9.17) is 0 Å². The molecule has 1 aromatic heterocycles. The monoisotopic (exact) mass is 304 g/mol. The second-order valence-electron chi connectivity index (χ2n) is 6.84. The molecule has 1 aliphatic heterocycles. The molecular formula is C21H24N2. The molecule has 2 heterocycles. The number of rotatable bonds is 3. The van der Waals surface area contributed by atoms with Crippen molar-refractivity contribution >= 4 is 10.9 Å². The number of para-hydroxylation sites is 1. The Labute approximate surface area is 138 Å². The number of aromatic amines is 1. The Balaban J connectivity index is 1.80. The summed E-state index contributed by atoms with van der Waals surface area (Å²) in [5.41, 5.74) is 5.29. The van der Waals surface area contributed by atoms with Gasteiger partial charge in [0.15, 0.2) is 0 Å². The summed E-state index contributed by atoms with van der Waals surface area (Å²) in [5.74, 6) is 0. The lowest BCUT2D eigenvalue weighted by atomic mass is 9.98. The molecule has 2 atom stereocenters. The van der Waals surface area contributed by atoms with Crippen LogP contribution >= 0.6 is 0 Å². The summed E-state index contributed by atoms with van der Waals surface area (Å²) in [6.07, 6.45) is 3.73. The molecule has 0 bridgehead atoms. The first kappa shape index (κ1) is 14.5. The van der Waals surface area contributed by atoms with Crippen molar-refractivity contribution in [2.24, 2.45) is 0 Å². The SMILES string of the molecule is CC1CCC(Cc2c(-c3ccccc3)[nH]c3ccccc23)N1C. The summed E-state index contributed by atoms with van der Waals surface area (Å²) < 4.78 is 0. The van der Waals surface area contributed by atoms with E-state index in [1.54, 1.807) is 0 Å². The van der Waals surface area contributed by atoms with Gasteiger partial charge in [0.25, 0.3) is 0 Å². The minimum atomic E-state index is 0.645. The molecule has 23 heavy (non-hydrogen) atoms. The summed E-state index contributed by atoms with van der Waals surface area (Å²) in [5, 5.41) is 1.37. The van der Waals surface area contributed by atoms with Crippen LogP contribution in [0.1, 0.15) is 25.3 Å². The standard InChI is InChI=1S/C21H24N2/c1-15-12-13-17(23(15)2)14-19-18-10-6-7-11-20(18)22-21(19)16-8-4-3-5-9-16/h3-11,15,17,22H,12-14H2,1-2H3. The molecule has 2 unspecified atom stereocenters. The van der Waals surface area contributed by atoms with Gasteiger partial charge in [0.1, 0.15) is 0 Å². The van der Waals surface area contributed by atoms with E-state index < -0.39 is 0 Å². The van der Waals surface area contributed by atoms with Crippen molar-refractivity contribution in [1.29, 1.82) is 0 Å². The van der Waals surface area contributed by atoms with Gasteiger partial charge in [0.05, 0.1) is 0 Å². The number of nitrogens with one attached hydrogen (secondary N) is 1. The molecule has 2 aromatic carbocycles. The van der Waals surface area contributed by atoms with E-state index in [-0.39, 0.29) is 0 Å². The Morgan fingerprint density at radius 2 is 1.74 bits per heavy atom. The number of likely N-dealkylation sites (N-methyl/N-ethyl adjacent to an activating group) is 1. The smallest absolute Gasteiger partial charge is 0.0497 e. The summed E-state index contributed by atoms with van der Waals surface area (Å²) in [6.45, 7) is 2.34. The molecule has 1 aliphatic rings. The summed E-state index contributed by atoms with van der Waals surface area (Å²) in [6, 6.07) is 20.8. The molecular weight excluding hydrogens is 280 g/mol. The Morgan fingerprint density at radius 1 is 1.00 bits per heavy atom. The molecule has 0 spiro atoms. The molecule has 0 saturated carbocycles. The second-order valence-corrected chi connectivity index (χ2v) is 6.84. The lowest BCUT2D eigenvalue weighted by molar-refractivity contribution is 0.252. The first-order valence-electron chi connectivity index (χ1n) is 8.61. The third-order valence-electron chi connectivity index (χ3n) is 5.50. The summed E-state index contributed by atoms with van der Waals surface area (Å²) in [4.78, 5) is 6.21. The number of aromatic nitrogens is 1. The highest BCUT2D eigenvalue weighted by Crippen LogP contribution is 2.34. The quantitative estimate of drug-likeness (QED) is 0.732. The maximum atomic E-state index is 3.66. The highest BCUT2D eigenvalue weighted by Gasteiger charge is 2.28. The van der Waals surface area contributed by atoms with E-state index in [2.05, 4.69) is 78.5 Å². The second kappa shape index (κ2) is 5.86. The first-order chi connectivity index (χ1) is 11.2. The normalized spacial score (nSPS) is 22.0. The number of likely N-dealkylation sites (tertiary alicyclic amines) is 1. The zero-order valence-corrected chi connectivity index (χ0v) is 13.9. The van der Waals surface area contributed by atoms with E-state index in [1.807, 2.05) is 0 Å². The van der Waals surface area contributed by atoms with Crippen molar-refractivity contribution in [3.63, 3.8) is 0 Å². The molecule has 1 N–H and O–H groups in total. The highest BCUT2D eigenvalue weighted by molar-refractivity contribution is 5.90. The zero-order valence-electron chi connectivity index (χ0n) is 13.9. The lowest BCUT2D eigenvalue weighted by Gasteiger charge is -2.23. The minimum absolute atomic E-state index is 0.645. The van der Waals surface area contributed by atoms with E-state index in [0.29, 0.717) is 12.1 Å². The maximum Gasteiger partial charge on any atom is 0.0497 e. The van der Waals surface area contributed by atoms with Crippen molar-refractivity contribution in [3.8, 4) is 11.3 Å². The molecule has 0 aliphatic carbocycles. The number of fused-ring (bicyclic) bond motifs is 1. The topological polar surface area (TPSA) is 19.0 Å². The van der Waals surface area contributed by atoms with E-state index in [1.165, 1.54) is 40.6 Å². The van der Waals surface area contributed by atoms with Gasteiger partial charge in [-0.2, -0.15) is 0 Å². The highest BCUT2D eigenvalue weighted by atomic mass is 15.2. The third kappa shape index (κ3) is 2.57. The predicted octanol–water partition coefficient (Wildman–Crippen LogP) is 4.86. The number of hydrogen-bond donors (Lipinski definition) is 1. The average molecular weight is 304 g/mol. The van der Waals surface area contributed by atoms with Gasteiger partial charge in [0.2, 0.25) is 0 Å². The number of H-pyrrole nitrogens is 1. The van der Waals surface area contributed by atoms with Gasteiger partial charge in [0, 0.05) is 28.7 Å². The van der Waals surface area contributed by atoms with Crippen LogP contribution in [0.5, 0.6) is 0 Å². The van der Waals surface area contributed by atoms with Crippen LogP contribution < -0.4 is 0 Å². The van der Waals surface area contributed by atoms with E-state index >= 15 is 0 Å². The van der Waals surface area contributed by atoms with Crippen molar-refractivity contribution in [3.05, 3.63) is 60.2 Å².